The quantitative estimate of drug-likeness (QED) is 0.912. The second-order valence-corrected chi connectivity index (χ2v) is 5.45. The Morgan fingerprint density at radius 2 is 1.67 bits per heavy atom. The third-order valence-electron chi connectivity index (χ3n) is 3.44. The van der Waals surface area contributed by atoms with E-state index in [-0.39, 0.29) is 18.2 Å². The maximum absolute atomic E-state index is 12.6. The SMILES string of the molecule is COc1cc(OC)cc(N2CCC(=O)NC(C)(C)C2=O)c1. The van der Waals surface area contributed by atoms with Crippen molar-refractivity contribution in [3.05, 3.63) is 18.2 Å². The lowest BCUT2D eigenvalue weighted by Crippen LogP contribution is -2.53. The molecule has 0 aromatic heterocycles. The Kier molecular flexibility index (Phi) is 4.06. The second kappa shape index (κ2) is 5.63. The van der Waals surface area contributed by atoms with Crippen molar-refractivity contribution < 1.29 is 19.1 Å². The Morgan fingerprint density at radius 1 is 1.10 bits per heavy atom. The topological polar surface area (TPSA) is 67.9 Å². The molecule has 6 heteroatoms. The monoisotopic (exact) mass is 292 g/mol. The molecule has 0 radical (unpaired) electrons. The maximum atomic E-state index is 12.6. The molecule has 0 aliphatic carbocycles. The summed E-state index contributed by atoms with van der Waals surface area (Å²) < 4.78 is 10.5. The fourth-order valence-corrected chi connectivity index (χ4v) is 2.31. The van der Waals surface area contributed by atoms with E-state index in [1.807, 2.05) is 0 Å². The molecule has 1 N–H and O–H groups in total. The first-order valence-electron chi connectivity index (χ1n) is 6.73. The minimum absolute atomic E-state index is 0.134. The van der Waals surface area contributed by atoms with Gasteiger partial charge in [0.2, 0.25) is 5.91 Å². The van der Waals surface area contributed by atoms with Gasteiger partial charge in [0.1, 0.15) is 17.0 Å². The summed E-state index contributed by atoms with van der Waals surface area (Å²) in [6.07, 6.45) is 0.259. The molecule has 21 heavy (non-hydrogen) atoms. The summed E-state index contributed by atoms with van der Waals surface area (Å²) in [5.41, 5.74) is -0.287. The van der Waals surface area contributed by atoms with Crippen molar-refractivity contribution >= 4 is 17.5 Å². The summed E-state index contributed by atoms with van der Waals surface area (Å²) >= 11 is 0. The Morgan fingerprint density at radius 3 is 2.19 bits per heavy atom. The van der Waals surface area contributed by atoms with Gasteiger partial charge >= 0.3 is 0 Å². The summed E-state index contributed by atoms with van der Waals surface area (Å²) in [5.74, 6) is 0.895. The summed E-state index contributed by atoms with van der Waals surface area (Å²) in [5, 5.41) is 2.73. The molecule has 0 atom stereocenters. The number of nitrogens with zero attached hydrogens (tertiary/aromatic N) is 1. The number of carbonyl (C=O) groups excluding carboxylic acids is 2. The summed E-state index contributed by atoms with van der Waals surface area (Å²) in [7, 11) is 3.11. The van der Waals surface area contributed by atoms with E-state index in [1.165, 1.54) is 0 Å². The molecular weight excluding hydrogens is 272 g/mol. The van der Waals surface area contributed by atoms with Gasteiger partial charge < -0.3 is 19.7 Å². The molecule has 0 saturated carbocycles. The molecule has 0 spiro atoms. The molecule has 2 amide bonds. The largest absolute Gasteiger partial charge is 0.497 e. The van der Waals surface area contributed by atoms with Crippen molar-refractivity contribution in [1.82, 2.24) is 5.32 Å². The van der Waals surface area contributed by atoms with Crippen molar-refractivity contribution in [1.29, 1.82) is 0 Å². The zero-order chi connectivity index (χ0) is 15.6. The number of ether oxygens (including phenoxy) is 2. The van der Waals surface area contributed by atoms with Crippen LogP contribution in [0.3, 0.4) is 0 Å². The number of carbonyl (C=O) groups is 2. The molecular formula is C15H20N2O4. The highest BCUT2D eigenvalue weighted by atomic mass is 16.5. The Hall–Kier alpha value is -2.24. The number of anilines is 1. The highest BCUT2D eigenvalue weighted by Gasteiger charge is 2.37. The van der Waals surface area contributed by atoms with E-state index < -0.39 is 5.54 Å². The van der Waals surface area contributed by atoms with Crippen LogP contribution in [-0.2, 0) is 9.59 Å². The van der Waals surface area contributed by atoms with Gasteiger partial charge in [0.15, 0.2) is 0 Å². The third-order valence-corrected chi connectivity index (χ3v) is 3.44. The third kappa shape index (κ3) is 3.09. The van der Waals surface area contributed by atoms with Crippen LogP contribution in [0.2, 0.25) is 0 Å². The van der Waals surface area contributed by atoms with Crippen LogP contribution < -0.4 is 19.7 Å². The molecule has 1 saturated heterocycles. The van der Waals surface area contributed by atoms with Gasteiger partial charge in [0.25, 0.3) is 5.91 Å². The molecule has 6 nitrogen and oxygen atoms in total. The van der Waals surface area contributed by atoms with E-state index in [1.54, 1.807) is 51.2 Å². The summed E-state index contributed by atoms with van der Waals surface area (Å²) in [6, 6.07) is 5.25. The summed E-state index contributed by atoms with van der Waals surface area (Å²) in [4.78, 5) is 26.0. The van der Waals surface area contributed by atoms with Gasteiger partial charge in [-0.2, -0.15) is 0 Å². The molecule has 114 valence electrons. The van der Waals surface area contributed by atoms with Gasteiger partial charge in [-0.3, -0.25) is 9.59 Å². The van der Waals surface area contributed by atoms with E-state index in [2.05, 4.69) is 5.32 Å². The number of amides is 2. The lowest BCUT2D eigenvalue weighted by molar-refractivity contribution is -0.128. The molecule has 1 aliphatic rings. The van der Waals surface area contributed by atoms with Crippen LogP contribution in [0.4, 0.5) is 5.69 Å². The molecule has 1 fully saturated rings. The van der Waals surface area contributed by atoms with Gasteiger partial charge in [0, 0.05) is 31.2 Å². The van der Waals surface area contributed by atoms with Crippen LogP contribution in [0, 0.1) is 0 Å². The van der Waals surface area contributed by atoms with Crippen LogP contribution in [0.15, 0.2) is 18.2 Å². The smallest absolute Gasteiger partial charge is 0.252 e. The fourth-order valence-electron chi connectivity index (χ4n) is 2.31. The number of hydrogen-bond donors (Lipinski definition) is 1. The highest BCUT2D eigenvalue weighted by molar-refractivity contribution is 6.03. The predicted octanol–water partition coefficient (Wildman–Crippen LogP) is 1.34. The molecule has 1 aromatic carbocycles. The predicted molar refractivity (Wildman–Crippen MR) is 78.7 cm³/mol. The highest BCUT2D eigenvalue weighted by Crippen LogP contribution is 2.30. The van der Waals surface area contributed by atoms with E-state index in [0.717, 1.165) is 0 Å². The van der Waals surface area contributed by atoms with E-state index in [4.69, 9.17) is 9.47 Å². The lowest BCUT2D eigenvalue weighted by atomic mass is 10.0. The average Bonchev–Trinajstić information content (AvgIpc) is 2.55. The first-order valence-corrected chi connectivity index (χ1v) is 6.73. The number of methoxy groups -OCH3 is 2. The van der Waals surface area contributed by atoms with Crippen molar-refractivity contribution in [3.63, 3.8) is 0 Å². The van der Waals surface area contributed by atoms with Crippen LogP contribution in [0.25, 0.3) is 0 Å². The number of hydrogen-bond acceptors (Lipinski definition) is 4. The molecule has 0 bridgehead atoms. The molecule has 1 aliphatic heterocycles. The lowest BCUT2D eigenvalue weighted by Gasteiger charge is -2.29. The minimum atomic E-state index is -0.941. The first-order chi connectivity index (χ1) is 9.87. The standard InChI is InChI=1S/C15H20N2O4/c1-15(2)14(19)17(6-5-13(18)16-15)10-7-11(20-3)9-12(8-10)21-4/h7-9H,5-6H2,1-4H3,(H,16,18). The van der Waals surface area contributed by atoms with Gasteiger partial charge in [-0.25, -0.2) is 0 Å². The Balaban J connectivity index is 2.43. The fraction of sp³-hybridized carbons (Fsp3) is 0.467. The zero-order valence-electron chi connectivity index (χ0n) is 12.7. The first kappa shape index (κ1) is 15.2. The van der Waals surface area contributed by atoms with Gasteiger partial charge in [0.05, 0.1) is 19.9 Å². The number of nitrogens with one attached hydrogen (secondary N) is 1. The minimum Gasteiger partial charge on any atom is -0.497 e. The van der Waals surface area contributed by atoms with Crippen molar-refractivity contribution in [3.8, 4) is 11.5 Å². The van der Waals surface area contributed by atoms with E-state index in [9.17, 15) is 9.59 Å². The molecule has 1 aromatic rings. The van der Waals surface area contributed by atoms with Gasteiger partial charge in [-0.1, -0.05) is 0 Å². The average molecular weight is 292 g/mol. The van der Waals surface area contributed by atoms with Crippen LogP contribution in [0.5, 0.6) is 11.5 Å². The Labute approximate surface area is 124 Å². The van der Waals surface area contributed by atoms with E-state index in [0.29, 0.717) is 23.7 Å². The maximum Gasteiger partial charge on any atom is 0.252 e. The Bertz CT molecular complexity index is 547. The van der Waals surface area contributed by atoms with E-state index >= 15 is 0 Å². The molecule has 2 rings (SSSR count). The number of benzene rings is 1. The van der Waals surface area contributed by atoms with Crippen LogP contribution >= 0.6 is 0 Å². The zero-order valence-corrected chi connectivity index (χ0v) is 12.7. The van der Waals surface area contributed by atoms with Crippen molar-refractivity contribution in [2.45, 2.75) is 25.8 Å². The number of rotatable bonds is 3. The molecule has 1 heterocycles. The second-order valence-electron chi connectivity index (χ2n) is 5.45. The van der Waals surface area contributed by atoms with Crippen molar-refractivity contribution in [2.75, 3.05) is 25.7 Å². The van der Waals surface area contributed by atoms with Gasteiger partial charge in [-0.05, 0) is 13.8 Å². The van der Waals surface area contributed by atoms with Crippen molar-refractivity contribution in [2.24, 2.45) is 0 Å². The molecule has 0 unspecified atom stereocenters. The normalized spacial score (nSPS) is 18.0. The van der Waals surface area contributed by atoms with Gasteiger partial charge in [-0.15, -0.1) is 0 Å². The summed E-state index contributed by atoms with van der Waals surface area (Å²) in [6.45, 7) is 3.72. The van der Waals surface area contributed by atoms with Crippen LogP contribution in [-0.4, -0.2) is 38.1 Å². The van der Waals surface area contributed by atoms with Crippen LogP contribution in [0.1, 0.15) is 20.3 Å².